The molecule has 1 aromatic rings. The van der Waals surface area contributed by atoms with Crippen molar-refractivity contribution in [2.45, 2.75) is 6.54 Å². The van der Waals surface area contributed by atoms with E-state index in [2.05, 4.69) is 0 Å². The van der Waals surface area contributed by atoms with E-state index >= 15 is 0 Å². The first-order valence-corrected chi connectivity index (χ1v) is 5.77. The third kappa shape index (κ3) is 3.37. The number of anilines is 1. The van der Waals surface area contributed by atoms with Gasteiger partial charge in [0.2, 0.25) is 5.91 Å². The number of likely N-dealkylation sites (N-methyl/N-ethyl adjacent to an activating group) is 2. The first-order valence-electron chi connectivity index (χ1n) is 5.77. The third-order valence-corrected chi connectivity index (χ3v) is 2.79. The van der Waals surface area contributed by atoms with E-state index in [1.54, 1.807) is 26.1 Å². The average molecular weight is 251 g/mol. The van der Waals surface area contributed by atoms with Crippen LogP contribution in [-0.2, 0) is 11.3 Å². The Labute approximate surface area is 108 Å². The number of rotatable bonds is 5. The van der Waals surface area contributed by atoms with E-state index in [-0.39, 0.29) is 5.91 Å². The Hall–Kier alpha value is -1.75. The Morgan fingerprint density at radius 3 is 2.50 bits per heavy atom. The van der Waals surface area contributed by atoms with Crippen LogP contribution in [0.2, 0.25) is 0 Å². The number of carbonyl (C=O) groups excluding carboxylic acids is 1. The molecular formula is C13H21N3O2. The van der Waals surface area contributed by atoms with Gasteiger partial charge in [0.1, 0.15) is 5.75 Å². The lowest BCUT2D eigenvalue weighted by atomic mass is 10.1. The van der Waals surface area contributed by atoms with Gasteiger partial charge in [0.05, 0.1) is 13.7 Å². The second-order valence-corrected chi connectivity index (χ2v) is 4.34. The Bertz CT molecular complexity index is 419. The summed E-state index contributed by atoms with van der Waals surface area (Å²) < 4.78 is 5.19. The van der Waals surface area contributed by atoms with E-state index in [1.165, 1.54) is 0 Å². The molecule has 5 heteroatoms. The molecule has 0 aromatic heterocycles. The summed E-state index contributed by atoms with van der Waals surface area (Å²) in [6.07, 6.45) is 0. The minimum absolute atomic E-state index is 0.0447. The summed E-state index contributed by atoms with van der Waals surface area (Å²) >= 11 is 0. The molecule has 0 fully saturated rings. The normalized spacial score (nSPS) is 10.1. The van der Waals surface area contributed by atoms with Gasteiger partial charge >= 0.3 is 0 Å². The van der Waals surface area contributed by atoms with Gasteiger partial charge in [-0.25, -0.2) is 0 Å². The van der Waals surface area contributed by atoms with Crippen LogP contribution in [0.15, 0.2) is 18.2 Å². The summed E-state index contributed by atoms with van der Waals surface area (Å²) in [6.45, 7) is 0.743. The molecule has 18 heavy (non-hydrogen) atoms. The van der Waals surface area contributed by atoms with E-state index in [9.17, 15) is 4.79 Å². The smallest absolute Gasteiger partial charge is 0.241 e. The molecule has 0 aliphatic rings. The van der Waals surface area contributed by atoms with Crippen molar-refractivity contribution in [1.82, 2.24) is 4.90 Å². The highest BCUT2D eigenvalue weighted by Crippen LogP contribution is 2.25. The molecule has 1 aromatic carbocycles. The topological polar surface area (TPSA) is 58.8 Å². The van der Waals surface area contributed by atoms with E-state index < -0.39 is 0 Å². The molecular weight excluding hydrogens is 230 g/mol. The molecule has 0 spiro atoms. The summed E-state index contributed by atoms with van der Waals surface area (Å²) in [5.41, 5.74) is 7.62. The Morgan fingerprint density at radius 1 is 1.33 bits per heavy atom. The summed E-state index contributed by atoms with van der Waals surface area (Å²) in [7, 11) is 6.97. The molecule has 0 bridgehead atoms. The quantitative estimate of drug-likeness (QED) is 0.836. The van der Waals surface area contributed by atoms with Crippen molar-refractivity contribution in [3.05, 3.63) is 23.8 Å². The van der Waals surface area contributed by atoms with Crippen molar-refractivity contribution >= 4 is 11.6 Å². The second-order valence-electron chi connectivity index (χ2n) is 4.34. The number of nitrogens with two attached hydrogens (primary N) is 1. The Balaban J connectivity index is 2.95. The van der Waals surface area contributed by atoms with Crippen molar-refractivity contribution < 1.29 is 9.53 Å². The van der Waals surface area contributed by atoms with Crippen molar-refractivity contribution in [3.8, 4) is 5.75 Å². The van der Waals surface area contributed by atoms with Crippen LogP contribution in [0, 0.1) is 0 Å². The molecule has 5 nitrogen and oxygen atoms in total. The Morgan fingerprint density at radius 2 is 2.00 bits per heavy atom. The number of benzene rings is 1. The fraction of sp³-hybridized carbons (Fsp3) is 0.462. The second kappa shape index (κ2) is 6.26. The molecule has 0 heterocycles. The maximum atomic E-state index is 11.7. The lowest BCUT2D eigenvalue weighted by Crippen LogP contribution is -2.34. The molecule has 1 rings (SSSR count). The maximum Gasteiger partial charge on any atom is 0.241 e. The van der Waals surface area contributed by atoms with Gasteiger partial charge in [-0.3, -0.25) is 4.79 Å². The van der Waals surface area contributed by atoms with Gasteiger partial charge in [-0.05, 0) is 11.6 Å². The van der Waals surface area contributed by atoms with Gasteiger partial charge in [-0.2, -0.15) is 0 Å². The third-order valence-electron chi connectivity index (χ3n) is 2.79. The average Bonchev–Trinajstić information content (AvgIpc) is 2.37. The predicted octanol–water partition coefficient (Wildman–Crippen LogP) is 0.678. The molecule has 2 N–H and O–H groups in total. The SMILES string of the molecule is COc1ccc(CN)c(N(C)CC(=O)N(C)C)c1. The summed E-state index contributed by atoms with van der Waals surface area (Å²) in [5.74, 6) is 0.801. The summed E-state index contributed by atoms with van der Waals surface area (Å²) in [4.78, 5) is 15.2. The fourth-order valence-corrected chi connectivity index (χ4v) is 1.63. The maximum absolute atomic E-state index is 11.7. The number of hydrogen-bond acceptors (Lipinski definition) is 4. The highest BCUT2D eigenvalue weighted by atomic mass is 16.5. The zero-order valence-electron chi connectivity index (χ0n) is 11.4. The van der Waals surface area contributed by atoms with Crippen molar-refractivity contribution in [2.75, 3.05) is 39.7 Å². The van der Waals surface area contributed by atoms with Gasteiger partial charge in [-0.1, -0.05) is 6.07 Å². The molecule has 100 valence electrons. The highest BCUT2D eigenvalue weighted by Gasteiger charge is 2.12. The zero-order chi connectivity index (χ0) is 13.7. The first kappa shape index (κ1) is 14.3. The van der Waals surface area contributed by atoms with Crippen LogP contribution in [-0.4, -0.2) is 45.6 Å². The number of nitrogens with zero attached hydrogens (tertiary/aromatic N) is 2. The molecule has 1 amide bonds. The zero-order valence-corrected chi connectivity index (χ0v) is 11.4. The van der Waals surface area contributed by atoms with Gasteiger partial charge in [0, 0.05) is 39.4 Å². The predicted molar refractivity (Wildman–Crippen MR) is 72.8 cm³/mol. The number of ether oxygens (including phenoxy) is 1. The van der Waals surface area contributed by atoms with Gasteiger partial charge in [0.25, 0.3) is 0 Å². The summed E-state index contributed by atoms with van der Waals surface area (Å²) in [5, 5.41) is 0. The number of carbonyl (C=O) groups is 1. The number of hydrogen-bond donors (Lipinski definition) is 1. The lowest BCUT2D eigenvalue weighted by molar-refractivity contribution is -0.127. The number of amides is 1. The summed E-state index contributed by atoms with van der Waals surface area (Å²) in [6, 6.07) is 5.68. The van der Waals surface area contributed by atoms with Crippen LogP contribution < -0.4 is 15.4 Å². The van der Waals surface area contributed by atoms with Crippen LogP contribution in [0.1, 0.15) is 5.56 Å². The monoisotopic (exact) mass is 251 g/mol. The highest BCUT2D eigenvalue weighted by molar-refractivity contribution is 5.81. The van der Waals surface area contributed by atoms with Crippen LogP contribution >= 0.6 is 0 Å². The molecule has 0 saturated heterocycles. The minimum atomic E-state index is 0.0447. The van der Waals surface area contributed by atoms with Gasteiger partial charge in [-0.15, -0.1) is 0 Å². The van der Waals surface area contributed by atoms with Gasteiger partial charge in [0.15, 0.2) is 0 Å². The van der Waals surface area contributed by atoms with Crippen LogP contribution in [0.3, 0.4) is 0 Å². The lowest BCUT2D eigenvalue weighted by Gasteiger charge is -2.23. The first-order chi connectivity index (χ1) is 8.49. The molecule has 0 aliphatic carbocycles. The Kier molecular flexibility index (Phi) is 4.97. The molecule has 0 aliphatic heterocycles. The number of methoxy groups -OCH3 is 1. The van der Waals surface area contributed by atoms with E-state index in [4.69, 9.17) is 10.5 Å². The molecule has 0 saturated carbocycles. The standard InChI is InChI=1S/C13H21N3O2/c1-15(2)13(17)9-16(3)12-7-11(18-4)6-5-10(12)8-14/h5-7H,8-9,14H2,1-4H3. The molecule has 0 unspecified atom stereocenters. The molecule has 0 radical (unpaired) electrons. The fourth-order valence-electron chi connectivity index (χ4n) is 1.63. The van der Waals surface area contributed by atoms with E-state index in [0.717, 1.165) is 17.0 Å². The van der Waals surface area contributed by atoms with Crippen LogP contribution in [0.4, 0.5) is 5.69 Å². The van der Waals surface area contributed by atoms with Crippen molar-refractivity contribution in [1.29, 1.82) is 0 Å². The van der Waals surface area contributed by atoms with E-state index in [1.807, 2.05) is 30.1 Å². The molecule has 0 atom stereocenters. The van der Waals surface area contributed by atoms with Crippen molar-refractivity contribution in [2.24, 2.45) is 5.73 Å². The van der Waals surface area contributed by atoms with Crippen LogP contribution in [0.25, 0.3) is 0 Å². The van der Waals surface area contributed by atoms with Crippen LogP contribution in [0.5, 0.6) is 5.75 Å². The van der Waals surface area contributed by atoms with E-state index in [0.29, 0.717) is 13.1 Å². The largest absolute Gasteiger partial charge is 0.497 e. The van der Waals surface area contributed by atoms with Crippen molar-refractivity contribution in [3.63, 3.8) is 0 Å². The van der Waals surface area contributed by atoms with Gasteiger partial charge < -0.3 is 20.3 Å². The minimum Gasteiger partial charge on any atom is -0.497 e.